The van der Waals surface area contributed by atoms with E-state index in [0.29, 0.717) is 18.1 Å². The average Bonchev–Trinajstić information content (AvgIpc) is 2.37. The highest BCUT2D eigenvalue weighted by Crippen LogP contribution is 2.25. The van der Waals surface area contributed by atoms with Gasteiger partial charge in [0.05, 0.1) is 12.2 Å². The van der Waals surface area contributed by atoms with Crippen LogP contribution < -0.4 is 10.2 Å². The summed E-state index contributed by atoms with van der Waals surface area (Å²) in [6.07, 6.45) is 0.595. The summed E-state index contributed by atoms with van der Waals surface area (Å²) < 4.78 is 5.86. The summed E-state index contributed by atoms with van der Waals surface area (Å²) in [4.78, 5) is 2.48. The van der Waals surface area contributed by atoms with Gasteiger partial charge in [-0.25, -0.2) is 0 Å². The molecule has 0 bridgehead atoms. The van der Waals surface area contributed by atoms with E-state index < -0.39 is 0 Å². The predicted molar refractivity (Wildman–Crippen MR) is 89.9 cm³/mol. The lowest BCUT2D eigenvalue weighted by Crippen LogP contribution is -2.46. The molecule has 2 rings (SSSR count). The van der Waals surface area contributed by atoms with E-state index in [1.807, 2.05) is 0 Å². The Bertz CT molecular complexity index is 449. The van der Waals surface area contributed by atoms with Crippen molar-refractivity contribution < 1.29 is 4.74 Å². The van der Waals surface area contributed by atoms with E-state index in [4.69, 9.17) is 4.74 Å². The van der Waals surface area contributed by atoms with Gasteiger partial charge in [-0.05, 0) is 44.9 Å². The summed E-state index contributed by atoms with van der Waals surface area (Å²) in [6, 6.07) is 6.80. The minimum Gasteiger partial charge on any atom is -0.372 e. The van der Waals surface area contributed by atoms with Crippen LogP contribution in [0.1, 0.15) is 38.8 Å². The van der Waals surface area contributed by atoms with Gasteiger partial charge in [0.25, 0.3) is 0 Å². The minimum absolute atomic E-state index is 0.298. The largest absolute Gasteiger partial charge is 0.372 e. The molecule has 0 saturated carbocycles. The quantitative estimate of drug-likeness (QED) is 0.900. The molecule has 0 aliphatic carbocycles. The molecule has 3 heteroatoms. The van der Waals surface area contributed by atoms with Crippen molar-refractivity contribution in [3.63, 3.8) is 0 Å². The zero-order valence-corrected chi connectivity index (χ0v) is 14.1. The highest BCUT2D eigenvalue weighted by Gasteiger charge is 2.23. The third kappa shape index (κ3) is 4.72. The first kappa shape index (κ1) is 16.3. The van der Waals surface area contributed by atoms with Crippen LogP contribution in [-0.2, 0) is 11.3 Å². The van der Waals surface area contributed by atoms with Crippen molar-refractivity contribution in [3.8, 4) is 0 Å². The molecule has 118 valence electrons. The van der Waals surface area contributed by atoms with E-state index >= 15 is 0 Å². The summed E-state index contributed by atoms with van der Waals surface area (Å²) in [6.45, 7) is 14.9. The second kappa shape index (κ2) is 7.28. The maximum atomic E-state index is 5.86. The van der Waals surface area contributed by atoms with Crippen LogP contribution in [-0.4, -0.2) is 31.8 Å². The molecular formula is C18H30N2O. The van der Waals surface area contributed by atoms with Crippen molar-refractivity contribution in [2.75, 3.05) is 24.5 Å². The van der Waals surface area contributed by atoms with Gasteiger partial charge < -0.3 is 15.0 Å². The molecule has 0 radical (unpaired) electrons. The number of hydrogen-bond donors (Lipinski definition) is 1. The Morgan fingerprint density at radius 3 is 2.52 bits per heavy atom. The van der Waals surface area contributed by atoms with Gasteiger partial charge in [0.2, 0.25) is 0 Å². The SMILES string of the molecule is Cc1ccc(N2C[C@@H](C)O[C@@H](C)C2)c(CNCC(C)C)c1. The van der Waals surface area contributed by atoms with Gasteiger partial charge in [-0.2, -0.15) is 0 Å². The molecule has 1 aliphatic heterocycles. The standard InChI is InChI=1S/C18H30N2O/c1-13(2)9-19-10-17-8-14(3)6-7-18(17)20-11-15(4)21-16(5)12-20/h6-8,13,15-16,19H,9-12H2,1-5H3/t15-,16+. The van der Waals surface area contributed by atoms with Gasteiger partial charge in [0, 0.05) is 25.3 Å². The molecule has 1 N–H and O–H groups in total. The van der Waals surface area contributed by atoms with Gasteiger partial charge in [-0.1, -0.05) is 31.5 Å². The van der Waals surface area contributed by atoms with Crippen LogP contribution in [0.2, 0.25) is 0 Å². The maximum absolute atomic E-state index is 5.86. The van der Waals surface area contributed by atoms with E-state index in [1.165, 1.54) is 16.8 Å². The van der Waals surface area contributed by atoms with E-state index in [-0.39, 0.29) is 0 Å². The van der Waals surface area contributed by atoms with Crippen LogP contribution in [0.15, 0.2) is 18.2 Å². The number of nitrogens with one attached hydrogen (secondary N) is 1. The van der Waals surface area contributed by atoms with Crippen LogP contribution >= 0.6 is 0 Å². The number of benzene rings is 1. The van der Waals surface area contributed by atoms with Crippen molar-refractivity contribution in [1.82, 2.24) is 5.32 Å². The maximum Gasteiger partial charge on any atom is 0.0726 e. The number of nitrogens with zero attached hydrogens (tertiary/aromatic N) is 1. The first-order chi connectivity index (χ1) is 9.95. The third-order valence-electron chi connectivity index (χ3n) is 3.86. The molecule has 0 amide bonds. The molecule has 0 unspecified atom stereocenters. The van der Waals surface area contributed by atoms with Crippen LogP contribution in [0, 0.1) is 12.8 Å². The van der Waals surface area contributed by atoms with Crippen molar-refractivity contribution in [3.05, 3.63) is 29.3 Å². The van der Waals surface area contributed by atoms with Crippen LogP contribution in [0.5, 0.6) is 0 Å². The van der Waals surface area contributed by atoms with Crippen LogP contribution in [0.25, 0.3) is 0 Å². The zero-order chi connectivity index (χ0) is 15.4. The number of morpholine rings is 1. The Labute approximate surface area is 129 Å². The highest BCUT2D eigenvalue weighted by atomic mass is 16.5. The molecule has 2 atom stereocenters. The molecule has 1 saturated heterocycles. The zero-order valence-electron chi connectivity index (χ0n) is 14.1. The van der Waals surface area contributed by atoms with E-state index in [9.17, 15) is 0 Å². The smallest absolute Gasteiger partial charge is 0.0726 e. The highest BCUT2D eigenvalue weighted by molar-refractivity contribution is 5.55. The fourth-order valence-corrected chi connectivity index (χ4v) is 3.03. The molecular weight excluding hydrogens is 260 g/mol. The Balaban J connectivity index is 2.13. The van der Waals surface area contributed by atoms with Crippen LogP contribution in [0.4, 0.5) is 5.69 Å². The minimum atomic E-state index is 0.298. The topological polar surface area (TPSA) is 24.5 Å². The number of rotatable bonds is 5. The lowest BCUT2D eigenvalue weighted by Gasteiger charge is -2.38. The summed E-state index contributed by atoms with van der Waals surface area (Å²) in [7, 11) is 0. The molecule has 1 aliphatic rings. The summed E-state index contributed by atoms with van der Waals surface area (Å²) in [5, 5.41) is 3.57. The number of anilines is 1. The first-order valence-electron chi connectivity index (χ1n) is 8.16. The van der Waals surface area contributed by atoms with E-state index in [2.05, 4.69) is 63.0 Å². The van der Waals surface area contributed by atoms with Crippen molar-refractivity contribution in [1.29, 1.82) is 0 Å². The lowest BCUT2D eigenvalue weighted by atomic mass is 10.1. The van der Waals surface area contributed by atoms with Crippen molar-refractivity contribution in [2.45, 2.75) is 53.4 Å². The Kier molecular flexibility index (Phi) is 5.65. The van der Waals surface area contributed by atoms with Gasteiger partial charge in [0.15, 0.2) is 0 Å². The molecule has 1 fully saturated rings. The van der Waals surface area contributed by atoms with E-state index in [0.717, 1.165) is 26.2 Å². The molecule has 21 heavy (non-hydrogen) atoms. The Hall–Kier alpha value is -1.06. The molecule has 0 aromatic heterocycles. The van der Waals surface area contributed by atoms with Crippen molar-refractivity contribution in [2.24, 2.45) is 5.92 Å². The summed E-state index contributed by atoms with van der Waals surface area (Å²) in [5.41, 5.74) is 4.09. The third-order valence-corrected chi connectivity index (χ3v) is 3.86. The van der Waals surface area contributed by atoms with Gasteiger partial charge in [-0.3, -0.25) is 0 Å². The molecule has 1 heterocycles. The second-order valence-corrected chi connectivity index (χ2v) is 6.82. The fourth-order valence-electron chi connectivity index (χ4n) is 3.03. The fraction of sp³-hybridized carbons (Fsp3) is 0.667. The lowest BCUT2D eigenvalue weighted by molar-refractivity contribution is -0.00526. The van der Waals surface area contributed by atoms with Gasteiger partial charge >= 0.3 is 0 Å². The van der Waals surface area contributed by atoms with Crippen molar-refractivity contribution >= 4 is 5.69 Å². The Morgan fingerprint density at radius 1 is 1.24 bits per heavy atom. The second-order valence-electron chi connectivity index (χ2n) is 6.82. The predicted octanol–water partition coefficient (Wildman–Crippen LogP) is 3.35. The molecule has 3 nitrogen and oxygen atoms in total. The normalized spacial score (nSPS) is 22.9. The van der Waals surface area contributed by atoms with E-state index in [1.54, 1.807) is 0 Å². The summed E-state index contributed by atoms with van der Waals surface area (Å²) >= 11 is 0. The number of hydrogen-bond acceptors (Lipinski definition) is 3. The average molecular weight is 290 g/mol. The summed E-state index contributed by atoms with van der Waals surface area (Å²) in [5.74, 6) is 0.682. The molecule has 1 aromatic carbocycles. The van der Waals surface area contributed by atoms with Gasteiger partial charge in [-0.15, -0.1) is 0 Å². The monoisotopic (exact) mass is 290 g/mol. The van der Waals surface area contributed by atoms with Gasteiger partial charge in [0.1, 0.15) is 0 Å². The Morgan fingerprint density at radius 2 is 1.90 bits per heavy atom. The number of aryl methyl sites for hydroxylation is 1. The number of ether oxygens (including phenoxy) is 1. The molecule has 1 aromatic rings. The first-order valence-corrected chi connectivity index (χ1v) is 8.16. The molecule has 0 spiro atoms. The van der Waals surface area contributed by atoms with Crippen LogP contribution in [0.3, 0.4) is 0 Å².